The van der Waals surface area contributed by atoms with Gasteiger partial charge in [-0.25, -0.2) is 9.97 Å². The van der Waals surface area contributed by atoms with Crippen LogP contribution in [-0.4, -0.2) is 37.6 Å². The molecule has 2 heterocycles. The lowest BCUT2D eigenvalue weighted by Crippen LogP contribution is -2.30. The summed E-state index contributed by atoms with van der Waals surface area (Å²) in [5.74, 6) is 0.105. The van der Waals surface area contributed by atoms with Crippen LogP contribution in [0.3, 0.4) is 0 Å². The molecular formula is C16H23N5O. The lowest BCUT2D eigenvalue weighted by Gasteiger charge is -2.24. The zero-order chi connectivity index (χ0) is 16.3. The molecule has 0 saturated carbocycles. The van der Waals surface area contributed by atoms with E-state index in [4.69, 9.17) is 0 Å². The highest BCUT2D eigenvalue weighted by molar-refractivity contribution is 5.76. The quantitative estimate of drug-likeness (QED) is 0.847. The molecule has 0 saturated heterocycles. The third-order valence-corrected chi connectivity index (χ3v) is 4.25. The number of amides is 1. The van der Waals surface area contributed by atoms with Crippen molar-refractivity contribution in [1.82, 2.24) is 24.6 Å². The largest absolute Gasteiger partial charge is 0.337 e. The van der Waals surface area contributed by atoms with Gasteiger partial charge in [-0.3, -0.25) is 9.48 Å². The van der Waals surface area contributed by atoms with Crippen LogP contribution >= 0.6 is 0 Å². The van der Waals surface area contributed by atoms with Crippen LogP contribution in [0.25, 0.3) is 0 Å². The average molecular weight is 301 g/mol. The molecule has 0 bridgehead atoms. The normalized spacial score (nSPS) is 12.2. The molecule has 0 N–H and O–H groups in total. The maximum absolute atomic E-state index is 12.4. The van der Waals surface area contributed by atoms with Gasteiger partial charge in [0.2, 0.25) is 5.91 Å². The predicted octanol–water partition coefficient (Wildman–Crippen LogP) is 1.98. The van der Waals surface area contributed by atoms with E-state index in [1.165, 1.54) is 11.9 Å². The van der Waals surface area contributed by atoms with Crippen LogP contribution < -0.4 is 0 Å². The molecule has 22 heavy (non-hydrogen) atoms. The Balaban J connectivity index is 2.00. The fourth-order valence-corrected chi connectivity index (χ4v) is 2.55. The number of hydrogen-bond donors (Lipinski definition) is 0. The first-order chi connectivity index (χ1) is 10.4. The Hall–Kier alpha value is -2.24. The van der Waals surface area contributed by atoms with Crippen molar-refractivity contribution < 1.29 is 4.79 Å². The smallest absolute Gasteiger partial charge is 0.223 e. The SMILES string of the molecule is Cc1nn(C)c(C)c1CCC(=O)N(C)[C@@H](C)c1ccncn1. The summed E-state index contributed by atoms with van der Waals surface area (Å²) >= 11 is 0. The Kier molecular flexibility index (Phi) is 4.90. The molecule has 0 radical (unpaired) electrons. The minimum Gasteiger partial charge on any atom is -0.337 e. The molecule has 0 fully saturated rings. The van der Waals surface area contributed by atoms with E-state index < -0.39 is 0 Å². The number of carbonyl (C=O) groups is 1. The Morgan fingerprint density at radius 1 is 1.41 bits per heavy atom. The van der Waals surface area contributed by atoms with Gasteiger partial charge in [0, 0.05) is 32.4 Å². The van der Waals surface area contributed by atoms with E-state index in [1.807, 2.05) is 45.6 Å². The maximum atomic E-state index is 12.4. The average Bonchev–Trinajstić information content (AvgIpc) is 2.77. The zero-order valence-electron chi connectivity index (χ0n) is 13.9. The summed E-state index contributed by atoms with van der Waals surface area (Å²) in [5.41, 5.74) is 4.13. The molecule has 118 valence electrons. The molecule has 0 unspecified atom stereocenters. The molecule has 1 amide bonds. The van der Waals surface area contributed by atoms with E-state index in [1.54, 1.807) is 11.1 Å². The first-order valence-corrected chi connectivity index (χ1v) is 7.42. The lowest BCUT2D eigenvalue weighted by atomic mass is 10.1. The van der Waals surface area contributed by atoms with Gasteiger partial charge in [-0.15, -0.1) is 0 Å². The number of nitrogens with zero attached hydrogens (tertiary/aromatic N) is 5. The third kappa shape index (κ3) is 3.32. The maximum Gasteiger partial charge on any atom is 0.223 e. The molecule has 6 nitrogen and oxygen atoms in total. The van der Waals surface area contributed by atoms with Gasteiger partial charge in [-0.2, -0.15) is 5.10 Å². The molecule has 0 aromatic carbocycles. The summed E-state index contributed by atoms with van der Waals surface area (Å²) < 4.78 is 1.86. The zero-order valence-corrected chi connectivity index (χ0v) is 13.9. The van der Waals surface area contributed by atoms with Crippen LogP contribution in [0.4, 0.5) is 0 Å². The summed E-state index contributed by atoms with van der Waals surface area (Å²) in [6, 6.07) is 1.77. The van der Waals surface area contributed by atoms with Crippen molar-refractivity contribution in [3.8, 4) is 0 Å². The van der Waals surface area contributed by atoms with E-state index >= 15 is 0 Å². The Bertz CT molecular complexity index is 650. The Morgan fingerprint density at radius 3 is 2.68 bits per heavy atom. The van der Waals surface area contributed by atoms with Crippen LogP contribution in [0.2, 0.25) is 0 Å². The molecule has 2 aromatic heterocycles. The molecule has 1 atom stereocenters. The van der Waals surface area contributed by atoms with E-state index in [2.05, 4.69) is 15.1 Å². The van der Waals surface area contributed by atoms with Crippen molar-refractivity contribution in [2.45, 2.75) is 39.7 Å². The summed E-state index contributed by atoms with van der Waals surface area (Å²) in [7, 11) is 3.75. The summed E-state index contributed by atoms with van der Waals surface area (Å²) in [4.78, 5) is 22.3. The summed E-state index contributed by atoms with van der Waals surface area (Å²) in [6.07, 6.45) is 4.39. The number of aryl methyl sites for hydroxylation is 2. The van der Waals surface area contributed by atoms with Gasteiger partial charge in [0.25, 0.3) is 0 Å². The monoisotopic (exact) mass is 301 g/mol. The minimum absolute atomic E-state index is 0.0633. The number of rotatable bonds is 5. The molecule has 0 aliphatic heterocycles. The molecule has 0 spiro atoms. The van der Waals surface area contributed by atoms with Crippen LogP contribution in [0, 0.1) is 13.8 Å². The van der Waals surface area contributed by atoms with Gasteiger partial charge in [0.05, 0.1) is 17.4 Å². The second kappa shape index (κ2) is 6.68. The predicted molar refractivity (Wildman–Crippen MR) is 84.2 cm³/mol. The third-order valence-electron chi connectivity index (χ3n) is 4.25. The van der Waals surface area contributed by atoms with Crippen LogP contribution in [0.5, 0.6) is 0 Å². The second-order valence-corrected chi connectivity index (χ2v) is 5.59. The standard InChI is InChI=1S/C16H23N5O/c1-11-14(12(2)21(5)19-11)6-7-16(22)20(4)13(3)15-8-9-17-10-18-15/h8-10,13H,6-7H2,1-5H3/t13-/m0/s1. The number of aromatic nitrogens is 4. The molecule has 2 rings (SSSR count). The minimum atomic E-state index is -0.0633. The van der Waals surface area contributed by atoms with Crippen molar-refractivity contribution in [2.24, 2.45) is 7.05 Å². The number of carbonyl (C=O) groups excluding carboxylic acids is 1. The molecule has 2 aromatic rings. The van der Waals surface area contributed by atoms with Gasteiger partial charge in [-0.05, 0) is 38.8 Å². The van der Waals surface area contributed by atoms with E-state index in [-0.39, 0.29) is 11.9 Å². The number of hydrogen-bond acceptors (Lipinski definition) is 4. The van der Waals surface area contributed by atoms with Crippen LogP contribution in [-0.2, 0) is 18.3 Å². The van der Waals surface area contributed by atoms with Crippen LogP contribution in [0.1, 0.15) is 42.0 Å². The van der Waals surface area contributed by atoms with E-state index in [9.17, 15) is 4.79 Å². The molecule has 0 aliphatic carbocycles. The van der Waals surface area contributed by atoms with Crippen molar-refractivity contribution >= 4 is 5.91 Å². The van der Waals surface area contributed by atoms with Crippen molar-refractivity contribution in [3.63, 3.8) is 0 Å². The first-order valence-electron chi connectivity index (χ1n) is 7.42. The van der Waals surface area contributed by atoms with Crippen molar-refractivity contribution in [3.05, 3.63) is 41.2 Å². The molecule has 6 heteroatoms. The van der Waals surface area contributed by atoms with Crippen LogP contribution in [0.15, 0.2) is 18.6 Å². The Morgan fingerprint density at radius 2 is 2.14 bits per heavy atom. The summed E-state index contributed by atoms with van der Waals surface area (Å²) in [5, 5.41) is 4.39. The van der Waals surface area contributed by atoms with Crippen molar-refractivity contribution in [2.75, 3.05) is 7.05 Å². The van der Waals surface area contributed by atoms with Gasteiger partial charge in [0.15, 0.2) is 0 Å². The van der Waals surface area contributed by atoms with Gasteiger partial charge in [0.1, 0.15) is 6.33 Å². The molecular weight excluding hydrogens is 278 g/mol. The second-order valence-electron chi connectivity index (χ2n) is 5.59. The summed E-state index contributed by atoms with van der Waals surface area (Å²) in [6.45, 7) is 5.99. The van der Waals surface area contributed by atoms with E-state index in [0.717, 1.165) is 17.1 Å². The van der Waals surface area contributed by atoms with Gasteiger partial charge >= 0.3 is 0 Å². The molecule has 0 aliphatic rings. The fourth-order valence-electron chi connectivity index (χ4n) is 2.55. The van der Waals surface area contributed by atoms with Gasteiger partial charge < -0.3 is 4.90 Å². The highest BCUT2D eigenvalue weighted by atomic mass is 16.2. The highest BCUT2D eigenvalue weighted by Crippen LogP contribution is 2.19. The highest BCUT2D eigenvalue weighted by Gasteiger charge is 2.19. The van der Waals surface area contributed by atoms with Gasteiger partial charge in [-0.1, -0.05) is 0 Å². The topological polar surface area (TPSA) is 63.9 Å². The van der Waals surface area contributed by atoms with E-state index in [0.29, 0.717) is 12.8 Å². The van der Waals surface area contributed by atoms with Crippen molar-refractivity contribution in [1.29, 1.82) is 0 Å². The fraction of sp³-hybridized carbons (Fsp3) is 0.500. The lowest BCUT2D eigenvalue weighted by molar-refractivity contribution is -0.131. The first kappa shape index (κ1) is 16.1. The Labute approximate surface area is 131 Å².